The van der Waals surface area contributed by atoms with E-state index in [2.05, 4.69) is 24.0 Å². The molecule has 1 atom stereocenters. The maximum absolute atomic E-state index is 13.3. The Labute approximate surface area is 126 Å². The van der Waals surface area contributed by atoms with Crippen LogP contribution in [0, 0.1) is 5.82 Å². The van der Waals surface area contributed by atoms with Crippen molar-refractivity contribution in [1.29, 1.82) is 0 Å². The molecule has 0 spiro atoms. The first-order chi connectivity index (χ1) is 9.78. The van der Waals surface area contributed by atoms with Gasteiger partial charge in [0.05, 0.1) is 0 Å². The standard InChI is InChI=1S/C17H26FNS/c1-2-10-19-16(13-20-17-8-3-4-9-17)12-14-6-5-7-15(18)11-14/h5-7,11,16-17,19H,2-4,8-10,12-13H2,1H3. The van der Waals surface area contributed by atoms with Gasteiger partial charge in [0, 0.05) is 17.0 Å². The molecular formula is C17H26FNS. The summed E-state index contributed by atoms with van der Waals surface area (Å²) in [5.41, 5.74) is 1.10. The van der Waals surface area contributed by atoms with Crippen molar-refractivity contribution >= 4 is 11.8 Å². The van der Waals surface area contributed by atoms with Gasteiger partial charge in [0.25, 0.3) is 0 Å². The van der Waals surface area contributed by atoms with Crippen LogP contribution in [0.15, 0.2) is 24.3 Å². The predicted octanol–water partition coefficient (Wildman–Crippen LogP) is 4.41. The average molecular weight is 295 g/mol. The third kappa shape index (κ3) is 5.45. The Kier molecular flexibility index (Phi) is 6.88. The molecule has 1 N–H and O–H groups in total. The SMILES string of the molecule is CCCNC(CSC1CCCC1)Cc1cccc(F)c1. The molecule has 0 amide bonds. The Hall–Kier alpha value is -0.540. The van der Waals surface area contributed by atoms with Gasteiger partial charge in [-0.3, -0.25) is 0 Å². The molecule has 0 radical (unpaired) electrons. The van der Waals surface area contributed by atoms with Crippen molar-refractivity contribution in [3.8, 4) is 0 Å². The van der Waals surface area contributed by atoms with Gasteiger partial charge < -0.3 is 5.32 Å². The fourth-order valence-corrected chi connectivity index (χ4v) is 4.20. The van der Waals surface area contributed by atoms with E-state index >= 15 is 0 Å². The van der Waals surface area contributed by atoms with Gasteiger partial charge in [-0.2, -0.15) is 11.8 Å². The van der Waals surface area contributed by atoms with Crippen LogP contribution in [0.25, 0.3) is 0 Å². The van der Waals surface area contributed by atoms with Gasteiger partial charge in [-0.05, 0) is 49.9 Å². The van der Waals surface area contributed by atoms with Gasteiger partial charge in [0.1, 0.15) is 5.82 Å². The van der Waals surface area contributed by atoms with Crippen LogP contribution in [-0.4, -0.2) is 23.6 Å². The zero-order chi connectivity index (χ0) is 14.2. The fraction of sp³-hybridized carbons (Fsp3) is 0.647. The largest absolute Gasteiger partial charge is 0.313 e. The Morgan fingerprint density at radius 3 is 2.85 bits per heavy atom. The van der Waals surface area contributed by atoms with Crippen LogP contribution in [0.3, 0.4) is 0 Å². The van der Waals surface area contributed by atoms with E-state index in [1.165, 1.54) is 31.7 Å². The molecular weight excluding hydrogens is 269 g/mol. The summed E-state index contributed by atoms with van der Waals surface area (Å²) in [6.45, 7) is 3.24. The number of nitrogens with one attached hydrogen (secondary N) is 1. The van der Waals surface area contributed by atoms with Gasteiger partial charge in [0.2, 0.25) is 0 Å². The second kappa shape index (κ2) is 8.68. The molecule has 1 aliphatic carbocycles. The number of hydrogen-bond acceptors (Lipinski definition) is 2. The van der Waals surface area contributed by atoms with Gasteiger partial charge >= 0.3 is 0 Å². The van der Waals surface area contributed by atoms with Crippen LogP contribution in [-0.2, 0) is 6.42 Å². The maximum Gasteiger partial charge on any atom is 0.123 e. The third-order valence-electron chi connectivity index (χ3n) is 3.89. The van der Waals surface area contributed by atoms with Gasteiger partial charge in [-0.25, -0.2) is 4.39 Å². The highest BCUT2D eigenvalue weighted by Gasteiger charge is 2.18. The molecule has 1 aromatic rings. The van der Waals surface area contributed by atoms with Crippen LogP contribution in [0.2, 0.25) is 0 Å². The molecule has 0 aromatic heterocycles. The van der Waals surface area contributed by atoms with E-state index in [9.17, 15) is 4.39 Å². The summed E-state index contributed by atoms with van der Waals surface area (Å²) in [6, 6.07) is 7.49. The van der Waals surface area contributed by atoms with Crippen molar-refractivity contribution in [2.75, 3.05) is 12.3 Å². The van der Waals surface area contributed by atoms with Crippen LogP contribution in [0.5, 0.6) is 0 Å². The highest BCUT2D eigenvalue weighted by Crippen LogP contribution is 2.30. The smallest absolute Gasteiger partial charge is 0.123 e. The third-order valence-corrected chi connectivity index (χ3v) is 5.43. The molecule has 1 aliphatic rings. The minimum absolute atomic E-state index is 0.125. The number of hydrogen-bond donors (Lipinski definition) is 1. The zero-order valence-electron chi connectivity index (χ0n) is 12.4. The second-order valence-electron chi connectivity index (χ2n) is 5.72. The molecule has 1 aromatic carbocycles. The molecule has 1 nitrogen and oxygen atoms in total. The lowest BCUT2D eigenvalue weighted by Crippen LogP contribution is -2.34. The van der Waals surface area contributed by atoms with E-state index in [0.29, 0.717) is 6.04 Å². The highest BCUT2D eigenvalue weighted by molar-refractivity contribution is 7.99. The van der Waals surface area contributed by atoms with Crippen molar-refractivity contribution < 1.29 is 4.39 Å². The molecule has 0 saturated heterocycles. The summed E-state index contributed by atoms with van der Waals surface area (Å²) in [5.74, 6) is 1.02. The molecule has 0 heterocycles. The molecule has 1 fully saturated rings. The Balaban J connectivity index is 1.85. The van der Waals surface area contributed by atoms with Crippen molar-refractivity contribution in [3.05, 3.63) is 35.6 Å². The Morgan fingerprint density at radius 1 is 1.35 bits per heavy atom. The topological polar surface area (TPSA) is 12.0 Å². The van der Waals surface area contributed by atoms with Crippen molar-refractivity contribution in [3.63, 3.8) is 0 Å². The lowest BCUT2D eigenvalue weighted by atomic mass is 10.1. The van der Waals surface area contributed by atoms with E-state index in [1.807, 2.05) is 12.1 Å². The molecule has 1 saturated carbocycles. The quantitative estimate of drug-likeness (QED) is 0.762. The summed E-state index contributed by atoms with van der Waals surface area (Å²) in [7, 11) is 0. The number of benzene rings is 1. The Morgan fingerprint density at radius 2 is 2.15 bits per heavy atom. The predicted molar refractivity (Wildman–Crippen MR) is 86.9 cm³/mol. The first kappa shape index (κ1) is 15.8. The molecule has 112 valence electrons. The molecule has 2 rings (SSSR count). The van der Waals surface area contributed by atoms with Gasteiger partial charge in [-0.1, -0.05) is 31.9 Å². The lowest BCUT2D eigenvalue weighted by molar-refractivity contribution is 0.547. The fourth-order valence-electron chi connectivity index (χ4n) is 2.79. The average Bonchev–Trinajstić information content (AvgIpc) is 2.95. The molecule has 0 aliphatic heterocycles. The van der Waals surface area contributed by atoms with Crippen LogP contribution >= 0.6 is 11.8 Å². The first-order valence-corrected chi connectivity index (χ1v) is 8.92. The van der Waals surface area contributed by atoms with E-state index in [4.69, 9.17) is 0 Å². The van der Waals surface area contributed by atoms with Crippen molar-refractivity contribution in [1.82, 2.24) is 5.32 Å². The van der Waals surface area contributed by atoms with E-state index < -0.39 is 0 Å². The van der Waals surface area contributed by atoms with Crippen molar-refractivity contribution in [2.45, 2.75) is 56.7 Å². The van der Waals surface area contributed by atoms with Crippen molar-refractivity contribution in [2.24, 2.45) is 0 Å². The summed E-state index contributed by atoms with van der Waals surface area (Å²) < 4.78 is 13.3. The maximum atomic E-state index is 13.3. The van der Waals surface area contributed by atoms with Crippen LogP contribution < -0.4 is 5.32 Å². The zero-order valence-corrected chi connectivity index (χ0v) is 13.2. The minimum atomic E-state index is -0.125. The van der Waals surface area contributed by atoms with Crippen LogP contribution in [0.1, 0.15) is 44.6 Å². The van der Waals surface area contributed by atoms with E-state index in [-0.39, 0.29) is 5.82 Å². The Bertz CT molecular complexity index is 390. The molecule has 3 heteroatoms. The lowest BCUT2D eigenvalue weighted by Gasteiger charge is -2.20. The normalized spacial score (nSPS) is 17.5. The summed E-state index contributed by atoms with van der Waals surface area (Å²) in [4.78, 5) is 0. The second-order valence-corrected chi connectivity index (χ2v) is 7.06. The molecule has 1 unspecified atom stereocenters. The molecule has 20 heavy (non-hydrogen) atoms. The van der Waals surface area contributed by atoms with E-state index in [0.717, 1.165) is 36.0 Å². The summed E-state index contributed by atoms with van der Waals surface area (Å²) in [6.07, 6.45) is 7.63. The van der Waals surface area contributed by atoms with Crippen LogP contribution in [0.4, 0.5) is 4.39 Å². The monoisotopic (exact) mass is 295 g/mol. The first-order valence-electron chi connectivity index (χ1n) is 7.87. The summed E-state index contributed by atoms with van der Waals surface area (Å²) in [5, 5.41) is 4.47. The highest BCUT2D eigenvalue weighted by atomic mass is 32.2. The number of halogens is 1. The van der Waals surface area contributed by atoms with Gasteiger partial charge in [0.15, 0.2) is 0 Å². The number of thioether (sulfide) groups is 1. The summed E-state index contributed by atoms with van der Waals surface area (Å²) >= 11 is 2.11. The molecule has 0 bridgehead atoms. The van der Waals surface area contributed by atoms with E-state index in [1.54, 1.807) is 6.07 Å². The number of rotatable bonds is 8. The minimum Gasteiger partial charge on any atom is -0.313 e. The van der Waals surface area contributed by atoms with Gasteiger partial charge in [-0.15, -0.1) is 0 Å².